The minimum Gasteiger partial charge on any atom is -0.103 e. The molecule has 0 aliphatic rings. The van der Waals surface area contributed by atoms with Crippen LogP contribution in [0.15, 0.2) is 159 Å². The number of hydrogen-bond acceptors (Lipinski definition) is 0. The molecule has 0 aliphatic heterocycles. The average Bonchev–Trinajstić information content (AvgIpc) is 3.04. The molecule has 0 unspecified atom stereocenters. The summed E-state index contributed by atoms with van der Waals surface area (Å²) in [6, 6.07) is 49.5. The van der Waals surface area contributed by atoms with Crippen LogP contribution < -0.4 is 10.6 Å². The predicted octanol–water partition coefficient (Wildman–Crippen LogP) is 10.6. The monoisotopic (exact) mass is 578 g/mol. The summed E-state index contributed by atoms with van der Waals surface area (Å²) >= 11 is 0. The lowest BCUT2D eigenvalue weighted by Gasteiger charge is -2.25. The lowest BCUT2D eigenvalue weighted by Crippen LogP contribution is -2.13. The SMILES string of the molecule is C=CCP(CC=C)Cc1ccc2ccccc2c1-c1c(CP(c2ccccc2)c2ccccc2)ccc2ccccc12. The topological polar surface area (TPSA) is 0 Å². The first-order valence-corrected chi connectivity index (χ1v) is 18.0. The molecule has 0 amide bonds. The molecule has 2 heteroatoms. The second kappa shape index (κ2) is 13.4. The van der Waals surface area contributed by atoms with Crippen LogP contribution in [0.4, 0.5) is 0 Å². The first kappa shape index (κ1) is 28.3. The first-order valence-electron chi connectivity index (χ1n) is 14.6. The molecular formula is C40H36P2. The van der Waals surface area contributed by atoms with Gasteiger partial charge in [0.15, 0.2) is 0 Å². The minimum atomic E-state index is -0.593. The lowest BCUT2D eigenvalue weighted by atomic mass is 9.88. The quantitative estimate of drug-likeness (QED) is 0.106. The minimum absolute atomic E-state index is 0.273. The van der Waals surface area contributed by atoms with Gasteiger partial charge in [-0.2, -0.15) is 0 Å². The maximum absolute atomic E-state index is 4.08. The number of rotatable bonds is 11. The predicted molar refractivity (Wildman–Crippen MR) is 190 cm³/mol. The Morgan fingerprint density at radius 1 is 0.452 bits per heavy atom. The number of allylic oxidation sites excluding steroid dienone is 2. The van der Waals surface area contributed by atoms with Crippen LogP contribution in [0.3, 0.4) is 0 Å². The van der Waals surface area contributed by atoms with Crippen molar-refractivity contribution in [3.63, 3.8) is 0 Å². The van der Waals surface area contributed by atoms with Gasteiger partial charge in [-0.05, 0) is 80.8 Å². The second-order valence-corrected chi connectivity index (χ2v) is 15.3. The number of fused-ring (bicyclic) bond motifs is 2. The van der Waals surface area contributed by atoms with Gasteiger partial charge in [-0.25, -0.2) is 0 Å². The maximum Gasteiger partial charge on any atom is 0.00138 e. The Hall–Kier alpha value is -3.82. The van der Waals surface area contributed by atoms with Crippen LogP contribution in [-0.2, 0) is 12.3 Å². The van der Waals surface area contributed by atoms with Gasteiger partial charge in [-0.3, -0.25) is 0 Å². The van der Waals surface area contributed by atoms with E-state index >= 15 is 0 Å². The summed E-state index contributed by atoms with van der Waals surface area (Å²) < 4.78 is 0. The zero-order chi connectivity index (χ0) is 28.7. The zero-order valence-corrected chi connectivity index (χ0v) is 25.8. The van der Waals surface area contributed by atoms with E-state index in [1.165, 1.54) is 54.4 Å². The molecular weight excluding hydrogens is 542 g/mol. The molecule has 0 aliphatic carbocycles. The van der Waals surface area contributed by atoms with Gasteiger partial charge in [0.25, 0.3) is 0 Å². The Morgan fingerprint density at radius 2 is 0.881 bits per heavy atom. The summed E-state index contributed by atoms with van der Waals surface area (Å²) in [5.74, 6) is 0. The highest BCUT2D eigenvalue weighted by Crippen LogP contribution is 2.48. The van der Waals surface area contributed by atoms with E-state index in [1.54, 1.807) is 0 Å². The van der Waals surface area contributed by atoms with Crippen LogP contribution in [0.2, 0.25) is 0 Å². The van der Waals surface area contributed by atoms with E-state index in [4.69, 9.17) is 0 Å². The van der Waals surface area contributed by atoms with Crippen molar-refractivity contribution < 1.29 is 0 Å². The van der Waals surface area contributed by atoms with Gasteiger partial charge in [0.1, 0.15) is 0 Å². The van der Waals surface area contributed by atoms with Gasteiger partial charge in [-0.15, -0.1) is 13.2 Å². The molecule has 0 heterocycles. The highest BCUT2D eigenvalue weighted by molar-refractivity contribution is 7.72. The number of benzene rings is 6. The second-order valence-electron chi connectivity index (χ2n) is 10.7. The largest absolute Gasteiger partial charge is 0.103 e. The third kappa shape index (κ3) is 6.03. The van der Waals surface area contributed by atoms with Crippen LogP contribution in [0, 0.1) is 0 Å². The fourth-order valence-electron chi connectivity index (χ4n) is 6.01. The molecule has 0 aromatic heterocycles. The van der Waals surface area contributed by atoms with E-state index < -0.39 is 7.92 Å². The van der Waals surface area contributed by atoms with E-state index in [1.807, 2.05) is 0 Å². The van der Waals surface area contributed by atoms with Crippen molar-refractivity contribution >= 4 is 48.0 Å². The smallest absolute Gasteiger partial charge is 0.00138 e. The molecule has 0 bridgehead atoms. The van der Waals surface area contributed by atoms with Gasteiger partial charge in [0.2, 0.25) is 0 Å². The van der Waals surface area contributed by atoms with Gasteiger partial charge in [0, 0.05) is 6.16 Å². The Kier molecular flexibility index (Phi) is 9.06. The van der Waals surface area contributed by atoms with Crippen molar-refractivity contribution in [1.82, 2.24) is 0 Å². The van der Waals surface area contributed by atoms with Crippen molar-refractivity contribution in [2.75, 3.05) is 12.3 Å². The van der Waals surface area contributed by atoms with Crippen LogP contribution in [0.25, 0.3) is 32.7 Å². The van der Waals surface area contributed by atoms with Crippen molar-refractivity contribution in [2.24, 2.45) is 0 Å². The summed E-state index contributed by atoms with van der Waals surface area (Å²) in [6.45, 7) is 8.17. The summed E-state index contributed by atoms with van der Waals surface area (Å²) in [4.78, 5) is 0. The van der Waals surface area contributed by atoms with E-state index in [2.05, 4.69) is 159 Å². The molecule has 0 N–H and O–H groups in total. The van der Waals surface area contributed by atoms with Crippen molar-refractivity contribution in [3.05, 3.63) is 170 Å². The summed E-state index contributed by atoms with van der Waals surface area (Å²) in [5, 5.41) is 8.08. The summed E-state index contributed by atoms with van der Waals surface area (Å²) in [7, 11) is -0.866. The van der Waals surface area contributed by atoms with Crippen molar-refractivity contribution in [1.29, 1.82) is 0 Å². The fourth-order valence-corrected chi connectivity index (χ4v) is 10.2. The van der Waals surface area contributed by atoms with E-state index in [-0.39, 0.29) is 7.92 Å². The normalized spacial score (nSPS) is 11.4. The summed E-state index contributed by atoms with van der Waals surface area (Å²) in [6.07, 6.45) is 8.31. The lowest BCUT2D eigenvalue weighted by molar-refractivity contribution is 1.36. The Labute approximate surface area is 253 Å². The van der Waals surface area contributed by atoms with Gasteiger partial charge in [0.05, 0.1) is 0 Å². The average molecular weight is 579 g/mol. The van der Waals surface area contributed by atoms with Crippen LogP contribution in [0.1, 0.15) is 11.1 Å². The molecule has 206 valence electrons. The van der Waals surface area contributed by atoms with Gasteiger partial charge in [-0.1, -0.05) is 154 Å². The van der Waals surface area contributed by atoms with Gasteiger partial charge < -0.3 is 0 Å². The molecule has 0 atom stereocenters. The molecule has 0 fully saturated rings. The third-order valence-corrected chi connectivity index (χ3v) is 12.8. The van der Waals surface area contributed by atoms with E-state index in [0.717, 1.165) is 24.6 Å². The van der Waals surface area contributed by atoms with Crippen LogP contribution >= 0.6 is 15.8 Å². The number of hydrogen-bond donors (Lipinski definition) is 0. The van der Waals surface area contributed by atoms with Crippen molar-refractivity contribution in [3.8, 4) is 11.1 Å². The molecule has 42 heavy (non-hydrogen) atoms. The molecule has 0 saturated carbocycles. The zero-order valence-electron chi connectivity index (χ0n) is 24.0. The van der Waals surface area contributed by atoms with E-state index in [0.29, 0.717) is 0 Å². The summed E-state index contributed by atoms with van der Waals surface area (Å²) in [5.41, 5.74) is 5.65. The molecule has 0 saturated heterocycles. The molecule has 0 nitrogen and oxygen atoms in total. The molecule has 6 aromatic carbocycles. The fraction of sp³-hybridized carbons (Fsp3) is 0.100. The Morgan fingerprint density at radius 3 is 1.36 bits per heavy atom. The molecule has 6 rings (SSSR count). The van der Waals surface area contributed by atoms with E-state index in [9.17, 15) is 0 Å². The first-order chi connectivity index (χ1) is 20.8. The third-order valence-electron chi connectivity index (χ3n) is 7.91. The molecule has 6 aromatic rings. The highest BCUT2D eigenvalue weighted by Gasteiger charge is 2.22. The Balaban J connectivity index is 1.61. The molecule has 0 spiro atoms. The van der Waals surface area contributed by atoms with Crippen LogP contribution in [-0.4, -0.2) is 12.3 Å². The Bertz CT molecular complexity index is 1770. The van der Waals surface area contributed by atoms with Gasteiger partial charge >= 0.3 is 0 Å². The molecule has 0 radical (unpaired) electrons. The van der Waals surface area contributed by atoms with Crippen LogP contribution in [0.5, 0.6) is 0 Å². The highest BCUT2D eigenvalue weighted by atomic mass is 31.1. The maximum atomic E-state index is 4.08. The van der Waals surface area contributed by atoms with Crippen molar-refractivity contribution in [2.45, 2.75) is 12.3 Å². The standard InChI is InChI=1S/C40H36P2/c1-3-27-41(28-4-2)29-33-25-23-31-15-11-13-21-37(31)39(33)40-34(26-24-32-16-12-14-22-38(32)40)30-42(35-17-7-5-8-18-35)36-19-9-6-10-20-36/h3-26H,1-2,27-30H2.